The standard InChI is InChI=1S/C16H20ClN3O/c17-13-5-1-11(2-6-13)3-8-16(21)19-14-7-4-12-10-18-20-15(12)9-14/h1-3,5-6,8,12,14-15,18,20H,4,7,9-10H2,(H,19,21)/b8-3+. The van der Waals surface area contributed by atoms with Crippen LogP contribution in [0.5, 0.6) is 0 Å². The molecule has 1 aromatic rings. The number of nitrogens with one attached hydrogen (secondary N) is 3. The Morgan fingerprint density at radius 1 is 1.29 bits per heavy atom. The molecule has 1 aliphatic carbocycles. The molecule has 21 heavy (non-hydrogen) atoms. The van der Waals surface area contributed by atoms with Gasteiger partial charge < -0.3 is 5.32 Å². The van der Waals surface area contributed by atoms with E-state index in [4.69, 9.17) is 11.6 Å². The van der Waals surface area contributed by atoms with Crippen LogP contribution >= 0.6 is 11.6 Å². The Hall–Kier alpha value is -1.36. The summed E-state index contributed by atoms with van der Waals surface area (Å²) in [6.45, 7) is 1.04. The van der Waals surface area contributed by atoms with Gasteiger partial charge in [-0.05, 0) is 49.0 Å². The van der Waals surface area contributed by atoms with E-state index >= 15 is 0 Å². The van der Waals surface area contributed by atoms with Gasteiger partial charge in [-0.15, -0.1) is 0 Å². The summed E-state index contributed by atoms with van der Waals surface area (Å²) in [7, 11) is 0. The Bertz CT molecular complexity index is 529. The first kappa shape index (κ1) is 14.6. The van der Waals surface area contributed by atoms with E-state index in [-0.39, 0.29) is 11.9 Å². The molecule has 2 aliphatic rings. The van der Waals surface area contributed by atoms with Crippen LogP contribution in [-0.4, -0.2) is 24.5 Å². The van der Waals surface area contributed by atoms with E-state index in [1.807, 2.05) is 30.3 Å². The number of hydrogen-bond acceptors (Lipinski definition) is 3. The number of fused-ring (bicyclic) bond motifs is 1. The van der Waals surface area contributed by atoms with Gasteiger partial charge in [-0.2, -0.15) is 0 Å². The van der Waals surface area contributed by atoms with Crippen LogP contribution in [-0.2, 0) is 4.79 Å². The highest BCUT2D eigenvalue weighted by molar-refractivity contribution is 6.30. The lowest BCUT2D eigenvalue weighted by molar-refractivity contribution is -0.117. The maximum Gasteiger partial charge on any atom is 0.244 e. The van der Waals surface area contributed by atoms with Crippen molar-refractivity contribution in [3.8, 4) is 0 Å². The Kier molecular flexibility index (Phi) is 4.58. The van der Waals surface area contributed by atoms with Gasteiger partial charge in [-0.1, -0.05) is 23.7 Å². The fourth-order valence-electron chi connectivity index (χ4n) is 3.10. The molecule has 0 bridgehead atoms. The predicted molar refractivity (Wildman–Crippen MR) is 84.7 cm³/mol. The Labute approximate surface area is 129 Å². The first-order chi connectivity index (χ1) is 10.2. The van der Waals surface area contributed by atoms with Gasteiger partial charge in [-0.25, -0.2) is 0 Å². The minimum atomic E-state index is -0.0284. The van der Waals surface area contributed by atoms with Gasteiger partial charge in [0.05, 0.1) is 0 Å². The fourth-order valence-corrected chi connectivity index (χ4v) is 3.23. The van der Waals surface area contributed by atoms with Gasteiger partial charge in [0, 0.05) is 29.7 Å². The minimum absolute atomic E-state index is 0.0284. The molecule has 1 amide bonds. The molecule has 5 heteroatoms. The molecule has 3 atom stereocenters. The van der Waals surface area contributed by atoms with Gasteiger partial charge in [0.2, 0.25) is 5.91 Å². The number of carbonyl (C=O) groups excluding carboxylic acids is 1. The summed E-state index contributed by atoms with van der Waals surface area (Å²) in [5, 5.41) is 3.79. The third kappa shape index (κ3) is 3.84. The monoisotopic (exact) mass is 305 g/mol. The zero-order valence-electron chi connectivity index (χ0n) is 11.8. The molecule has 3 unspecified atom stereocenters. The van der Waals surface area contributed by atoms with Crippen molar-refractivity contribution in [1.82, 2.24) is 16.2 Å². The zero-order valence-corrected chi connectivity index (χ0v) is 12.6. The molecule has 112 valence electrons. The first-order valence-electron chi connectivity index (χ1n) is 7.43. The van der Waals surface area contributed by atoms with Crippen LogP contribution < -0.4 is 16.2 Å². The average Bonchev–Trinajstić information content (AvgIpc) is 2.94. The van der Waals surface area contributed by atoms with Crippen LogP contribution in [0.2, 0.25) is 5.02 Å². The van der Waals surface area contributed by atoms with Crippen LogP contribution in [0.15, 0.2) is 30.3 Å². The van der Waals surface area contributed by atoms with Gasteiger partial charge in [0.25, 0.3) is 0 Å². The molecule has 0 spiro atoms. The lowest BCUT2D eigenvalue weighted by atomic mass is 9.83. The fraction of sp³-hybridized carbons (Fsp3) is 0.438. The molecule has 1 aromatic carbocycles. The molecule has 4 nitrogen and oxygen atoms in total. The molecule has 3 rings (SSSR count). The minimum Gasteiger partial charge on any atom is -0.350 e. The van der Waals surface area contributed by atoms with Crippen LogP contribution in [0, 0.1) is 5.92 Å². The average molecular weight is 306 g/mol. The molecule has 1 saturated heterocycles. The van der Waals surface area contributed by atoms with Crippen LogP contribution in [0.25, 0.3) is 6.08 Å². The molecule has 3 N–H and O–H groups in total. The number of benzene rings is 1. The summed E-state index contributed by atoms with van der Waals surface area (Å²) < 4.78 is 0. The number of hydrazine groups is 1. The van der Waals surface area contributed by atoms with Crippen molar-refractivity contribution < 1.29 is 4.79 Å². The van der Waals surface area contributed by atoms with Gasteiger partial charge in [-0.3, -0.25) is 15.6 Å². The van der Waals surface area contributed by atoms with Crippen molar-refractivity contribution >= 4 is 23.6 Å². The number of amides is 1. The van der Waals surface area contributed by atoms with Crippen molar-refractivity contribution in [3.63, 3.8) is 0 Å². The van der Waals surface area contributed by atoms with Crippen molar-refractivity contribution in [1.29, 1.82) is 0 Å². The molecule has 1 heterocycles. The summed E-state index contributed by atoms with van der Waals surface area (Å²) in [5.41, 5.74) is 7.47. The zero-order chi connectivity index (χ0) is 14.7. The molecular weight excluding hydrogens is 286 g/mol. The van der Waals surface area contributed by atoms with E-state index < -0.39 is 0 Å². The SMILES string of the molecule is O=C(/C=C/c1ccc(Cl)cc1)NC1CCC2CNNC2C1. The number of carbonyl (C=O) groups is 1. The van der Waals surface area contributed by atoms with Gasteiger partial charge in [0.1, 0.15) is 0 Å². The molecule has 2 fully saturated rings. The highest BCUT2D eigenvalue weighted by atomic mass is 35.5. The lowest BCUT2D eigenvalue weighted by Crippen LogP contribution is -2.45. The van der Waals surface area contributed by atoms with E-state index in [2.05, 4.69) is 16.2 Å². The van der Waals surface area contributed by atoms with Crippen molar-refractivity contribution in [2.24, 2.45) is 5.92 Å². The van der Waals surface area contributed by atoms with E-state index in [1.54, 1.807) is 6.08 Å². The molecular formula is C16H20ClN3O. The number of hydrogen-bond donors (Lipinski definition) is 3. The predicted octanol–water partition coefficient (Wildman–Crippen LogP) is 2.11. The first-order valence-corrected chi connectivity index (χ1v) is 7.81. The van der Waals surface area contributed by atoms with Crippen LogP contribution in [0.4, 0.5) is 0 Å². The van der Waals surface area contributed by atoms with Crippen LogP contribution in [0.1, 0.15) is 24.8 Å². The second kappa shape index (κ2) is 6.60. The molecule has 1 aliphatic heterocycles. The van der Waals surface area contributed by atoms with Gasteiger partial charge in [0.15, 0.2) is 0 Å². The van der Waals surface area contributed by atoms with Crippen molar-refractivity contribution in [2.45, 2.75) is 31.3 Å². The third-order valence-electron chi connectivity index (χ3n) is 4.29. The summed E-state index contributed by atoms with van der Waals surface area (Å²) >= 11 is 5.83. The molecule has 1 saturated carbocycles. The molecule has 0 aromatic heterocycles. The van der Waals surface area contributed by atoms with Crippen molar-refractivity contribution in [3.05, 3.63) is 40.9 Å². The summed E-state index contributed by atoms with van der Waals surface area (Å²) in [6.07, 6.45) is 6.63. The topological polar surface area (TPSA) is 53.2 Å². The summed E-state index contributed by atoms with van der Waals surface area (Å²) in [4.78, 5) is 12.0. The second-order valence-corrected chi connectivity index (χ2v) is 6.23. The highest BCUT2D eigenvalue weighted by Crippen LogP contribution is 2.26. The van der Waals surface area contributed by atoms with E-state index in [0.717, 1.165) is 31.4 Å². The summed E-state index contributed by atoms with van der Waals surface area (Å²) in [5.74, 6) is 0.683. The second-order valence-electron chi connectivity index (χ2n) is 5.80. The lowest BCUT2D eigenvalue weighted by Gasteiger charge is -2.31. The number of halogens is 1. The van der Waals surface area contributed by atoms with E-state index in [0.29, 0.717) is 17.0 Å². The summed E-state index contributed by atoms with van der Waals surface area (Å²) in [6, 6.07) is 8.18. The smallest absolute Gasteiger partial charge is 0.244 e. The van der Waals surface area contributed by atoms with Gasteiger partial charge >= 0.3 is 0 Å². The van der Waals surface area contributed by atoms with Crippen LogP contribution in [0.3, 0.4) is 0 Å². The largest absolute Gasteiger partial charge is 0.350 e. The van der Waals surface area contributed by atoms with Crippen molar-refractivity contribution in [2.75, 3.05) is 6.54 Å². The Balaban J connectivity index is 1.51. The van der Waals surface area contributed by atoms with E-state index in [1.165, 1.54) is 0 Å². The maximum absolute atomic E-state index is 12.0. The third-order valence-corrected chi connectivity index (χ3v) is 4.54. The number of rotatable bonds is 3. The highest BCUT2D eigenvalue weighted by Gasteiger charge is 2.33. The van der Waals surface area contributed by atoms with E-state index in [9.17, 15) is 4.79 Å². The Morgan fingerprint density at radius 3 is 2.90 bits per heavy atom. The Morgan fingerprint density at radius 2 is 2.10 bits per heavy atom. The molecule has 0 radical (unpaired) electrons. The normalized spacial score (nSPS) is 28.5. The maximum atomic E-state index is 12.0. The quantitative estimate of drug-likeness (QED) is 0.750.